The van der Waals surface area contributed by atoms with E-state index in [0.29, 0.717) is 19.4 Å². The normalized spacial score (nSPS) is 22.2. The minimum Gasteiger partial charge on any atom is -0.466 e. The average Bonchev–Trinajstić information content (AvgIpc) is 3.05. The molecule has 1 saturated carbocycles. The molecule has 3 atom stereocenters. The lowest BCUT2D eigenvalue weighted by atomic mass is 9.79. The van der Waals surface area contributed by atoms with Crippen LogP contribution in [0.2, 0.25) is 0 Å². The molecule has 0 spiro atoms. The first-order chi connectivity index (χ1) is 13.8. The van der Waals surface area contributed by atoms with Crippen molar-refractivity contribution in [1.82, 2.24) is 0 Å². The molecule has 4 nitrogen and oxygen atoms in total. The number of esters is 1. The number of hydrogen-bond acceptors (Lipinski definition) is 4. The molecule has 1 aliphatic carbocycles. The molecule has 170 valence electrons. The Morgan fingerprint density at radius 1 is 1.17 bits per heavy atom. The van der Waals surface area contributed by atoms with Gasteiger partial charge in [0.25, 0.3) is 0 Å². The molecule has 0 aliphatic heterocycles. The van der Waals surface area contributed by atoms with Gasteiger partial charge in [0, 0.05) is 12.3 Å². The van der Waals surface area contributed by atoms with Gasteiger partial charge in [-0.2, -0.15) is 0 Å². The van der Waals surface area contributed by atoms with Crippen molar-refractivity contribution >= 4 is 5.97 Å². The molecule has 4 heteroatoms. The van der Waals surface area contributed by atoms with Crippen LogP contribution in [-0.2, 0) is 9.53 Å². The van der Waals surface area contributed by atoms with E-state index in [1.54, 1.807) is 0 Å². The minimum absolute atomic E-state index is 0.0575. The van der Waals surface area contributed by atoms with Crippen molar-refractivity contribution in [3.05, 3.63) is 11.6 Å². The number of aliphatic hydroxyl groups is 2. The fourth-order valence-corrected chi connectivity index (χ4v) is 4.24. The van der Waals surface area contributed by atoms with Crippen molar-refractivity contribution < 1.29 is 19.7 Å². The summed E-state index contributed by atoms with van der Waals surface area (Å²) in [5.74, 6) is 0.166. The summed E-state index contributed by atoms with van der Waals surface area (Å²) < 4.78 is 5.10. The summed E-state index contributed by atoms with van der Waals surface area (Å²) in [4.78, 5) is 11.5. The Morgan fingerprint density at radius 2 is 1.90 bits per heavy atom. The van der Waals surface area contributed by atoms with Crippen molar-refractivity contribution in [3.63, 3.8) is 0 Å². The largest absolute Gasteiger partial charge is 0.466 e. The second-order valence-electron chi connectivity index (χ2n) is 9.51. The van der Waals surface area contributed by atoms with Gasteiger partial charge in [-0.25, -0.2) is 0 Å². The van der Waals surface area contributed by atoms with E-state index in [-0.39, 0.29) is 29.5 Å². The molecule has 0 bridgehead atoms. The number of carbonyl (C=O) groups excluding carboxylic acids is 1. The smallest absolute Gasteiger partial charge is 0.305 e. The number of carbonyl (C=O) groups is 1. The molecular weight excluding hydrogens is 364 g/mol. The molecule has 1 unspecified atom stereocenters. The Morgan fingerprint density at radius 3 is 2.59 bits per heavy atom. The molecule has 0 aromatic rings. The van der Waals surface area contributed by atoms with E-state index in [4.69, 9.17) is 4.74 Å². The zero-order chi connectivity index (χ0) is 21.7. The predicted molar refractivity (Wildman–Crippen MR) is 120 cm³/mol. The monoisotopic (exact) mass is 410 g/mol. The van der Waals surface area contributed by atoms with Gasteiger partial charge in [-0.1, -0.05) is 71.4 Å². The quantitative estimate of drug-likeness (QED) is 0.199. The number of aliphatic hydroxyl groups excluding tert-OH is 2. The lowest BCUT2D eigenvalue weighted by Gasteiger charge is -2.30. The van der Waals surface area contributed by atoms with Crippen LogP contribution >= 0.6 is 0 Å². The van der Waals surface area contributed by atoms with Crippen LogP contribution in [0.3, 0.4) is 0 Å². The molecule has 0 aromatic carbocycles. The summed E-state index contributed by atoms with van der Waals surface area (Å²) in [7, 11) is 0. The van der Waals surface area contributed by atoms with Gasteiger partial charge in [-0.15, -0.1) is 0 Å². The van der Waals surface area contributed by atoms with Crippen LogP contribution in [-0.4, -0.2) is 35.0 Å². The first-order valence-corrected chi connectivity index (χ1v) is 12.0. The number of hydrogen-bond donors (Lipinski definition) is 2. The molecule has 1 fully saturated rings. The molecule has 0 amide bonds. The van der Waals surface area contributed by atoms with Crippen molar-refractivity contribution in [2.75, 3.05) is 6.61 Å². The third-order valence-electron chi connectivity index (χ3n) is 6.46. The van der Waals surface area contributed by atoms with Gasteiger partial charge in [0.05, 0.1) is 18.8 Å². The van der Waals surface area contributed by atoms with Crippen molar-refractivity contribution in [3.8, 4) is 0 Å². The van der Waals surface area contributed by atoms with Gasteiger partial charge in [0.1, 0.15) is 0 Å². The highest BCUT2D eigenvalue weighted by molar-refractivity contribution is 5.69. The molecule has 0 saturated heterocycles. The first kappa shape index (κ1) is 26.2. The SMILES string of the molecule is CCCCC(C)(C)C(O)CC=C1CC[C@H](O)[C@@H]1CCCCCCC(=O)OCCC. The number of rotatable bonds is 15. The maximum Gasteiger partial charge on any atom is 0.305 e. The Balaban J connectivity index is 2.35. The molecule has 0 aromatic heterocycles. The Kier molecular flexibility index (Phi) is 12.8. The van der Waals surface area contributed by atoms with Crippen molar-refractivity contribution in [1.29, 1.82) is 0 Å². The van der Waals surface area contributed by atoms with Crippen molar-refractivity contribution in [2.24, 2.45) is 11.3 Å². The molecule has 0 heterocycles. The maximum atomic E-state index is 11.5. The minimum atomic E-state index is -0.326. The topological polar surface area (TPSA) is 66.8 Å². The average molecular weight is 411 g/mol. The zero-order valence-corrected chi connectivity index (χ0v) is 19.4. The maximum absolute atomic E-state index is 11.5. The molecular formula is C25H46O4. The van der Waals surface area contributed by atoms with E-state index in [0.717, 1.165) is 70.6 Å². The Labute approximate surface area is 179 Å². The van der Waals surface area contributed by atoms with Gasteiger partial charge in [0.2, 0.25) is 0 Å². The molecule has 2 N–H and O–H groups in total. The summed E-state index contributed by atoms with van der Waals surface area (Å²) >= 11 is 0. The highest BCUT2D eigenvalue weighted by atomic mass is 16.5. The molecule has 1 aliphatic rings. The second kappa shape index (κ2) is 14.2. The summed E-state index contributed by atoms with van der Waals surface area (Å²) in [6.07, 6.45) is 14.0. The van der Waals surface area contributed by atoms with E-state index in [1.165, 1.54) is 5.57 Å². The second-order valence-corrected chi connectivity index (χ2v) is 9.51. The number of ether oxygens (including phenoxy) is 1. The Bertz CT molecular complexity index is 483. The Hall–Kier alpha value is -0.870. The van der Waals surface area contributed by atoms with Gasteiger partial charge in [-0.05, 0) is 50.4 Å². The van der Waals surface area contributed by atoms with E-state index in [2.05, 4.69) is 26.8 Å². The lowest BCUT2D eigenvalue weighted by molar-refractivity contribution is -0.143. The van der Waals surface area contributed by atoms with E-state index < -0.39 is 0 Å². The summed E-state index contributed by atoms with van der Waals surface area (Å²) in [5.41, 5.74) is 1.28. The fourth-order valence-electron chi connectivity index (χ4n) is 4.24. The van der Waals surface area contributed by atoms with Crippen LogP contribution in [0.4, 0.5) is 0 Å². The van der Waals surface area contributed by atoms with E-state index in [1.807, 2.05) is 6.92 Å². The third-order valence-corrected chi connectivity index (χ3v) is 6.46. The van der Waals surface area contributed by atoms with Crippen LogP contribution in [0.25, 0.3) is 0 Å². The van der Waals surface area contributed by atoms with Crippen LogP contribution in [0.1, 0.15) is 111 Å². The van der Waals surface area contributed by atoms with Crippen LogP contribution < -0.4 is 0 Å². The van der Waals surface area contributed by atoms with Gasteiger partial charge >= 0.3 is 5.97 Å². The highest BCUT2D eigenvalue weighted by Crippen LogP contribution is 2.37. The number of unbranched alkanes of at least 4 members (excludes halogenated alkanes) is 4. The summed E-state index contributed by atoms with van der Waals surface area (Å²) in [5, 5.41) is 21.0. The van der Waals surface area contributed by atoms with E-state index in [9.17, 15) is 15.0 Å². The van der Waals surface area contributed by atoms with Crippen molar-refractivity contribution in [2.45, 2.75) is 123 Å². The highest BCUT2D eigenvalue weighted by Gasteiger charge is 2.31. The third kappa shape index (κ3) is 10.1. The summed E-state index contributed by atoms with van der Waals surface area (Å²) in [6, 6.07) is 0. The van der Waals surface area contributed by atoms with Crippen LogP contribution in [0.15, 0.2) is 11.6 Å². The van der Waals surface area contributed by atoms with Crippen LogP contribution in [0, 0.1) is 11.3 Å². The molecule has 1 rings (SSSR count). The van der Waals surface area contributed by atoms with Gasteiger partial charge in [-0.3, -0.25) is 4.79 Å². The molecule has 29 heavy (non-hydrogen) atoms. The lowest BCUT2D eigenvalue weighted by Crippen LogP contribution is -2.29. The van der Waals surface area contributed by atoms with Gasteiger partial charge < -0.3 is 14.9 Å². The summed E-state index contributed by atoms with van der Waals surface area (Å²) in [6.45, 7) is 9.03. The van der Waals surface area contributed by atoms with E-state index >= 15 is 0 Å². The van der Waals surface area contributed by atoms with Crippen LogP contribution in [0.5, 0.6) is 0 Å². The fraction of sp³-hybridized carbons (Fsp3) is 0.880. The predicted octanol–water partition coefficient (Wildman–Crippen LogP) is 5.94. The molecule has 0 radical (unpaired) electrons. The standard InChI is InChI=1S/C25H46O4/c1-5-7-18-25(3,4)23(27)17-15-20-14-16-22(26)21(20)12-10-8-9-11-13-24(28)29-19-6-2/h15,21-23,26-27H,5-14,16-19H2,1-4H3/t21-,22+,23?/m1/s1. The zero-order valence-electron chi connectivity index (χ0n) is 19.4. The first-order valence-electron chi connectivity index (χ1n) is 12.0. The van der Waals surface area contributed by atoms with Gasteiger partial charge in [0.15, 0.2) is 0 Å².